The molecule has 11 heteroatoms. The van der Waals surface area contributed by atoms with Crippen molar-refractivity contribution in [1.82, 2.24) is 30.2 Å². The highest BCUT2D eigenvalue weighted by molar-refractivity contribution is 7.12. The average molecular weight is 451 g/mol. The molecule has 31 heavy (non-hydrogen) atoms. The quantitative estimate of drug-likeness (QED) is 0.729. The Morgan fingerprint density at radius 3 is 2.77 bits per heavy atom. The van der Waals surface area contributed by atoms with E-state index < -0.39 is 18.0 Å². The fourth-order valence-electron chi connectivity index (χ4n) is 4.18. The number of cyclic esters (lactones) is 1. The van der Waals surface area contributed by atoms with E-state index in [-0.39, 0.29) is 24.7 Å². The van der Waals surface area contributed by atoms with Gasteiger partial charge in [0.05, 0.1) is 6.54 Å². The number of halogens is 1. The Labute approximate surface area is 184 Å². The molecule has 2 saturated heterocycles. The summed E-state index contributed by atoms with van der Waals surface area (Å²) in [5, 5.41) is 12.9. The Morgan fingerprint density at radius 1 is 1.42 bits per heavy atom. The van der Waals surface area contributed by atoms with Gasteiger partial charge in [0, 0.05) is 52.1 Å². The van der Waals surface area contributed by atoms with Crippen LogP contribution in [-0.4, -0.2) is 88.6 Å². The Kier molecular flexibility index (Phi) is 6.09. The molecule has 1 aromatic heterocycles. The normalized spacial score (nSPS) is 27.0. The van der Waals surface area contributed by atoms with Crippen molar-refractivity contribution in [2.45, 2.75) is 38.6 Å². The lowest BCUT2D eigenvalue weighted by atomic mass is 9.91. The van der Waals surface area contributed by atoms with E-state index in [0.29, 0.717) is 23.7 Å². The van der Waals surface area contributed by atoms with Crippen molar-refractivity contribution in [1.29, 1.82) is 0 Å². The van der Waals surface area contributed by atoms with Crippen LogP contribution in [0.1, 0.15) is 30.3 Å². The summed E-state index contributed by atoms with van der Waals surface area (Å²) in [4.78, 5) is 29.7. The molecular formula is C20H27FN6O3S. The fourth-order valence-corrected chi connectivity index (χ4v) is 5.00. The minimum absolute atomic E-state index is 0.00845. The second-order valence-electron chi connectivity index (χ2n) is 7.88. The van der Waals surface area contributed by atoms with E-state index in [4.69, 9.17) is 4.74 Å². The second kappa shape index (κ2) is 8.64. The van der Waals surface area contributed by atoms with E-state index in [1.54, 1.807) is 18.0 Å². The van der Waals surface area contributed by atoms with Crippen LogP contribution in [0.5, 0.6) is 0 Å². The molecule has 1 N–H and O–H groups in total. The molecule has 0 aromatic carbocycles. The molecule has 2 unspecified atom stereocenters. The molecule has 0 radical (unpaired) electrons. The van der Waals surface area contributed by atoms with Crippen LogP contribution >= 0.6 is 11.3 Å². The van der Waals surface area contributed by atoms with Crippen LogP contribution in [0.25, 0.3) is 5.57 Å². The molecule has 2 aliphatic heterocycles. The summed E-state index contributed by atoms with van der Waals surface area (Å²) in [6.45, 7) is 6.36. The number of amides is 2. The molecule has 0 saturated carbocycles. The first kappa shape index (κ1) is 21.8. The average Bonchev–Trinajstić information content (AvgIpc) is 3.40. The van der Waals surface area contributed by atoms with Crippen LogP contribution < -0.4 is 5.32 Å². The molecule has 2 amide bonds. The molecule has 0 spiro atoms. The molecule has 2 fully saturated rings. The number of allylic oxidation sites excluding steroid dienone is 2. The summed E-state index contributed by atoms with van der Waals surface area (Å²) in [5.74, 6) is -0.539. The highest BCUT2D eigenvalue weighted by atomic mass is 32.1. The van der Waals surface area contributed by atoms with E-state index in [2.05, 4.69) is 20.4 Å². The molecule has 168 valence electrons. The Hall–Kier alpha value is -2.37. The van der Waals surface area contributed by atoms with Crippen LogP contribution in [-0.2, 0) is 16.0 Å². The van der Waals surface area contributed by atoms with Gasteiger partial charge < -0.3 is 15.0 Å². The van der Waals surface area contributed by atoms with Crippen molar-refractivity contribution in [3.63, 3.8) is 0 Å². The van der Waals surface area contributed by atoms with Gasteiger partial charge in [-0.1, -0.05) is 18.3 Å². The van der Waals surface area contributed by atoms with Crippen molar-refractivity contribution in [2.24, 2.45) is 0 Å². The lowest BCUT2D eigenvalue weighted by molar-refractivity contribution is -0.134. The van der Waals surface area contributed by atoms with E-state index >= 15 is 4.39 Å². The zero-order valence-corrected chi connectivity index (χ0v) is 18.7. The Bertz CT molecular complexity index is 928. The summed E-state index contributed by atoms with van der Waals surface area (Å²) in [6, 6.07) is 0. The van der Waals surface area contributed by atoms with Gasteiger partial charge in [0.2, 0.25) is 5.91 Å². The molecule has 1 aliphatic carbocycles. The predicted octanol–water partition coefficient (Wildman–Crippen LogP) is 1.60. The fraction of sp³-hybridized carbons (Fsp3) is 0.600. The van der Waals surface area contributed by atoms with Crippen LogP contribution in [0.2, 0.25) is 0 Å². The Morgan fingerprint density at radius 2 is 2.16 bits per heavy atom. The number of piperazine rings is 1. The van der Waals surface area contributed by atoms with Crippen molar-refractivity contribution in [2.75, 3.05) is 39.8 Å². The number of hydrogen-bond donors (Lipinski definition) is 1. The third-order valence-electron chi connectivity index (χ3n) is 6.08. The maximum Gasteiger partial charge on any atom is 0.413 e. The first-order valence-corrected chi connectivity index (χ1v) is 11.3. The second-order valence-corrected chi connectivity index (χ2v) is 8.94. The standard InChI is InChI=1S/C20H27FN6O3S/c1-4-16-23-24-18(31-16)14-5-6-20(11-15(14)21,26-9-7-22-8-10-26)27-12-17(30-19(27)29)25(3)13(2)28/h5-6,17,22H,4,7-12H2,1-3H3. The van der Waals surface area contributed by atoms with Crippen LogP contribution in [0, 0.1) is 0 Å². The maximum atomic E-state index is 15.5. The number of aryl methyl sites for hydroxylation is 1. The number of aromatic nitrogens is 2. The topological polar surface area (TPSA) is 90.9 Å². The number of nitrogens with zero attached hydrogens (tertiary/aromatic N) is 5. The number of rotatable bonds is 5. The number of nitrogens with one attached hydrogen (secondary N) is 1. The van der Waals surface area contributed by atoms with Crippen LogP contribution in [0.15, 0.2) is 18.0 Å². The number of likely N-dealkylation sites (N-methyl/N-ethyl adjacent to an activating group) is 1. The lowest BCUT2D eigenvalue weighted by Crippen LogP contribution is -2.64. The smallest absolute Gasteiger partial charge is 0.413 e. The monoisotopic (exact) mass is 450 g/mol. The van der Waals surface area contributed by atoms with Gasteiger partial charge in [0.15, 0.2) is 6.23 Å². The molecule has 1 aromatic rings. The van der Waals surface area contributed by atoms with Gasteiger partial charge in [-0.15, -0.1) is 10.2 Å². The van der Waals surface area contributed by atoms with Crippen molar-refractivity contribution < 1.29 is 18.7 Å². The molecule has 2 atom stereocenters. The molecule has 9 nitrogen and oxygen atoms in total. The lowest BCUT2D eigenvalue weighted by Gasteiger charge is -2.49. The largest absolute Gasteiger partial charge is 0.423 e. The number of carbonyl (C=O) groups excluding carboxylic acids is 2. The van der Waals surface area contributed by atoms with Gasteiger partial charge in [-0.25, -0.2) is 9.18 Å². The minimum Gasteiger partial charge on any atom is -0.423 e. The van der Waals surface area contributed by atoms with Crippen LogP contribution in [0.4, 0.5) is 9.18 Å². The number of ether oxygens (including phenoxy) is 1. The Balaban J connectivity index is 1.67. The molecule has 4 rings (SSSR count). The van der Waals surface area contributed by atoms with Crippen molar-refractivity contribution in [3.05, 3.63) is 28.0 Å². The highest BCUT2D eigenvalue weighted by Gasteiger charge is 2.51. The summed E-state index contributed by atoms with van der Waals surface area (Å²) in [5.41, 5.74) is -0.592. The summed E-state index contributed by atoms with van der Waals surface area (Å²) in [6.07, 6.45) is 3.05. The molecular weight excluding hydrogens is 423 g/mol. The maximum absolute atomic E-state index is 15.5. The molecule has 3 heterocycles. The summed E-state index contributed by atoms with van der Waals surface area (Å²) >= 11 is 1.37. The van der Waals surface area contributed by atoms with Gasteiger partial charge in [-0.3, -0.25) is 14.6 Å². The molecule has 3 aliphatic rings. The first-order valence-electron chi connectivity index (χ1n) is 10.4. The molecule has 0 bridgehead atoms. The van der Waals surface area contributed by atoms with E-state index in [9.17, 15) is 9.59 Å². The van der Waals surface area contributed by atoms with Gasteiger partial charge in [-0.2, -0.15) is 0 Å². The summed E-state index contributed by atoms with van der Waals surface area (Å²) < 4.78 is 21.0. The minimum atomic E-state index is -1.00. The highest BCUT2D eigenvalue weighted by Crippen LogP contribution is 2.41. The number of hydrogen-bond acceptors (Lipinski definition) is 8. The predicted molar refractivity (Wildman–Crippen MR) is 114 cm³/mol. The SMILES string of the molecule is CCc1nnc(C2=C(F)CC(N3CCNCC3)(N3CC(N(C)C(C)=O)OC3=O)C=C2)s1. The third kappa shape index (κ3) is 3.97. The van der Waals surface area contributed by atoms with Gasteiger partial charge in [-0.05, 0) is 18.6 Å². The summed E-state index contributed by atoms with van der Waals surface area (Å²) in [7, 11) is 1.59. The zero-order valence-electron chi connectivity index (χ0n) is 17.9. The third-order valence-corrected chi connectivity index (χ3v) is 7.18. The van der Waals surface area contributed by atoms with Crippen molar-refractivity contribution >= 4 is 28.9 Å². The van der Waals surface area contributed by atoms with Gasteiger partial charge in [0.25, 0.3) is 0 Å². The first-order chi connectivity index (χ1) is 14.9. The van der Waals surface area contributed by atoms with Gasteiger partial charge in [0.1, 0.15) is 21.5 Å². The van der Waals surface area contributed by atoms with Crippen molar-refractivity contribution in [3.8, 4) is 0 Å². The van der Waals surface area contributed by atoms with Gasteiger partial charge >= 0.3 is 6.09 Å². The van der Waals surface area contributed by atoms with E-state index in [1.807, 2.05) is 13.0 Å². The van der Waals surface area contributed by atoms with Crippen LogP contribution in [0.3, 0.4) is 0 Å². The van der Waals surface area contributed by atoms with E-state index in [1.165, 1.54) is 23.2 Å². The number of carbonyl (C=O) groups is 2. The van der Waals surface area contributed by atoms with E-state index in [0.717, 1.165) is 24.5 Å². The zero-order chi connectivity index (χ0) is 22.2.